The van der Waals surface area contributed by atoms with Crippen LogP contribution in [0.2, 0.25) is 0 Å². The first-order valence-corrected chi connectivity index (χ1v) is 8.11. The van der Waals surface area contributed by atoms with E-state index in [-0.39, 0.29) is 6.61 Å². The van der Waals surface area contributed by atoms with Gasteiger partial charge in [0.05, 0.1) is 12.0 Å². The number of hydrogen-bond acceptors (Lipinski definition) is 6. The van der Waals surface area contributed by atoms with Gasteiger partial charge in [-0.05, 0) is 35.2 Å². The fourth-order valence-corrected chi connectivity index (χ4v) is 2.69. The average Bonchev–Trinajstić information content (AvgIpc) is 3.29. The second kappa shape index (κ2) is 7.61. The number of benzene rings is 1. The first-order chi connectivity index (χ1) is 11.7. The first-order valence-electron chi connectivity index (χ1n) is 7.23. The Kier molecular flexibility index (Phi) is 5.08. The standard InChI is InChI=1S/C18H15NO4S/c1-21-15-5-2-4-13(10-15)7-8-18(20)22-12-14-11-16(23-19-14)17-6-3-9-24-17/h2-11H,12H2,1H3/b8-7+. The molecule has 0 atom stereocenters. The number of hydrogen-bond donors (Lipinski definition) is 0. The van der Waals surface area contributed by atoms with Gasteiger partial charge in [-0.25, -0.2) is 4.79 Å². The largest absolute Gasteiger partial charge is 0.497 e. The van der Waals surface area contributed by atoms with E-state index in [9.17, 15) is 4.79 Å². The Morgan fingerprint density at radius 1 is 1.29 bits per heavy atom. The van der Waals surface area contributed by atoms with Crippen molar-refractivity contribution in [2.45, 2.75) is 6.61 Å². The second-order valence-electron chi connectivity index (χ2n) is 4.88. The highest BCUT2D eigenvalue weighted by Crippen LogP contribution is 2.25. The molecule has 0 radical (unpaired) electrons. The van der Waals surface area contributed by atoms with E-state index >= 15 is 0 Å². The van der Waals surface area contributed by atoms with Crippen molar-refractivity contribution in [2.24, 2.45) is 0 Å². The summed E-state index contributed by atoms with van der Waals surface area (Å²) in [5.74, 6) is 0.954. The predicted octanol–water partition coefficient (Wildman–Crippen LogP) is 4.17. The number of methoxy groups -OCH3 is 1. The molecule has 2 aromatic heterocycles. The van der Waals surface area contributed by atoms with Crippen molar-refractivity contribution in [3.8, 4) is 16.4 Å². The molecule has 0 N–H and O–H groups in total. The summed E-state index contributed by atoms with van der Waals surface area (Å²) >= 11 is 1.56. The van der Waals surface area contributed by atoms with Crippen molar-refractivity contribution >= 4 is 23.4 Å². The van der Waals surface area contributed by atoms with E-state index in [1.54, 1.807) is 30.6 Å². The molecule has 0 aliphatic carbocycles. The molecule has 24 heavy (non-hydrogen) atoms. The van der Waals surface area contributed by atoms with Gasteiger partial charge in [0, 0.05) is 12.1 Å². The quantitative estimate of drug-likeness (QED) is 0.497. The molecule has 122 valence electrons. The van der Waals surface area contributed by atoms with E-state index in [1.165, 1.54) is 6.08 Å². The highest BCUT2D eigenvalue weighted by Gasteiger charge is 2.09. The zero-order valence-corrected chi connectivity index (χ0v) is 13.8. The molecule has 0 saturated carbocycles. The summed E-state index contributed by atoms with van der Waals surface area (Å²) in [6, 6.07) is 13.0. The van der Waals surface area contributed by atoms with Crippen LogP contribution in [0.15, 0.2) is 58.4 Å². The maximum absolute atomic E-state index is 11.8. The summed E-state index contributed by atoms with van der Waals surface area (Å²) < 4.78 is 15.5. The van der Waals surface area contributed by atoms with Crippen LogP contribution in [0.4, 0.5) is 0 Å². The minimum absolute atomic E-state index is 0.0656. The average molecular weight is 341 g/mol. The molecular formula is C18H15NO4S. The lowest BCUT2D eigenvalue weighted by Crippen LogP contribution is -2.00. The molecule has 0 saturated heterocycles. The Bertz CT molecular complexity index is 836. The van der Waals surface area contributed by atoms with Crippen molar-refractivity contribution in [1.82, 2.24) is 5.16 Å². The molecule has 0 aliphatic heterocycles. The fraction of sp³-hybridized carbons (Fsp3) is 0.111. The maximum atomic E-state index is 11.8. The molecule has 0 fully saturated rings. The van der Waals surface area contributed by atoms with E-state index < -0.39 is 5.97 Å². The number of thiophene rings is 1. The number of carbonyl (C=O) groups excluding carboxylic acids is 1. The van der Waals surface area contributed by atoms with Gasteiger partial charge < -0.3 is 14.0 Å². The topological polar surface area (TPSA) is 61.6 Å². The van der Waals surface area contributed by atoms with Crippen molar-refractivity contribution < 1.29 is 18.8 Å². The predicted molar refractivity (Wildman–Crippen MR) is 91.6 cm³/mol. The molecule has 6 heteroatoms. The summed E-state index contributed by atoms with van der Waals surface area (Å²) in [6.45, 7) is 0.0656. The number of carbonyl (C=O) groups is 1. The number of nitrogens with zero attached hydrogens (tertiary/aromatic N) is 1. The molecule has 3 rings (SSSR count). The van der Waals surface area contributed by atoms with E-state index in [1.807, 2.05) is 41.8 Å². The Balaban J connectivity index is 1.54. The van der Waals surface area contributed by atoms with Gasteiger partial charge in [-0.1, -0.05) is 23.4 Å². The van der Waals surface area contributed by atoms with Crippen LogP contribution < -0.4 is 4.74 Å². The fourth-order valence-electron chi connectivity index (χ4n) is 2.02. The van der Waals surface area contributed by atoms with Gasteiger partial charge in [0.1, 0.15) is 18.1 Å². The number of rotatable bonds is 6. The maximum Gasteiger partial charge on any atom is 0.331 e. The third kappa shape index (κ3) is 4.11. The van der Waals surface area contributed by atoms with Crippen LogP contribution in [0.5, 0.6) is 5.75 Å². The van der Waals surface area contributed by atoms with Crippen LogP contribution >= 0.6 is 11.3 Å². The zero-order chi connectivity index (χ0) is 16.8. The highest BCUT2D eigenvalue weighted by molar-refractivity contribution is 7.13. The number of aromatic nitrogens is 1. The number of ether oxygens (including phenoxy) is 2. The molecule has 0 bridgehead atoms. The van der Waals surface area contributed by atoms with E-state index in [2.05, 4.69) is 5.16 Å². The Labute approximate surface area is 143 Å². The van der Waals surface area contributed by atoms with Gasteiger partial charge >= 0.3 is 5.97 Å². The second-order valence-corrected chi connectivity index (χ2v) is 5.83. The molecule has 2 heterocycles. The van der Waals surface area contributed by atoms with Gasteiger partial charge in [0.15, 0.2) is 5.76 Å². The summed E-state index contributed by atoms with van der Waals surface area (Å²) in [6.07, 6.45) is 3.04. The first kappa shape index (κ1) is 16.0. The minimum atomic E-state index is -0.446. The van der Waals surface area contributed by atoms with Gasteiger partial charge in [0.25, 0.3) is 0 Å². The van der Waals surface area contributed by atoms with Crippen LogP contribution in [0.3, 0.4) is 0 Å². The SMILES string of the molecule is COc1cccc(/C=C/C(=O)OCc2cc(-c3cccs3)on2)c1. The normalized spacial score (nSPS) is 10.9. The minimum Gasteiger partial charge on any atom is -0.497 e. The summed E-state index contributed by atoms with van der Waals surface area (Å²) in [5.41, 5.74) is 1.43. The molecule has 0 unspecified atom stereocenters. The molecular weight excluding hydrogens is 326 g/mol. The number of esters is 1. The van der Waals surface area contributed by atoms with Gasteiger partial charge in [-0.3, -0.25) is 0 Å². The Hall–Kier alpha value is -2.86. The monoisotopic (exact) mass is 341 g/mol. The van der Waals surface area contributed by atoms with Crippen LogP contribution in [0.25, 0.3) is 16.7 Å². The molecule has 5 nitrogen and oxygen atoms in total. The van der Waals surface area contributed by atoms with Crippen molar-refractivity contribution in [1.29, 1.82) is 0 Å². The van der Waals surface area contributed by atoms with Crippen LogP contribution in [-0.4, -0.2) is 18.2 Å². The Morgan fingerprint density at radius 3 is 3.00 bits per heavy atom. The summed E-state index contributed by atoms with van der Waals surface area (Å²) in [7, 11) is 1.60. The van der Waals surface area contributed by atoms with Crippen LogP contribution in [-0.2, 0) is 16.1 Å². The van der Waals surface area contributed by atoms with Gasteiger partial charge in [-0.2, -0.15) is 0 Å². The van der Waals surface area contributed by atoms with Crippen molar-refractivity contribution in [3.05, 3.63) is 65.2 Å². The zero-order valence-electron chi connectivity index (χ0n) is 13.0. The van der Waals surface area contributed by atoms with Crippen LogP contribution in [0, 0.1) is 0 Å². The molecule has 0 amide bonds. The Morgan fingerprint density at radius 2 is 2.21 bits per heavy atom. The highest BCUT2D eigenvalue weighted by atomic mass is 32.1. The van der Waals surface area contributed by atoms with E-state index in [0.717, 1.165) is 16.2 Å². The smallest absolute Gasteiger partial charge is 0.331 e. The van der Waals surface area contributed by atoms with Crippen LogP contribution in [0.1, 0.15) is 11.3 Å². The molecule has 0 spiro atoms. The van der Waals surface area contributed by atoms with Gasteiger partial charge in [0.2, 0.25) is 0 Å². The van der Waals surface area contributed by atoms with E-state index in [4.69, 9.17) is 14.0 Å². The summed E-state index contributed by atoms with van der Waals surface area (Å²) in [4.78, 5) is 12.8. The van der Waals surface area contributed by atoms with Crippen molar-refractivity contribution in [2.75, 3.05) is 7.11 Å². The van der Waals surface area contributed by atoms with Crippen molar-refractivity contribution in [3.63, 3.8) is 0 Å². The lowest BCUT2D eigenvalue weighted by atomic mass is 10.2. The molecule has 3 aromatic rings. The van der Waals surface area contributed by atoms with Gasteiger partial charge in [-0.15, -0.1) is 11.3 Å². The lowest BCUT2D eigenvalue weighted by molar-refractivity contribution is -0.139. The third-order valence-electron chi connectivity index (χ3n) is 3.19. The third-order valence-corrected chi connectivity index (χ3v) is 4.08. The molecule has 1 aromatic carbocycles. The van der Waals surface area contributed by atoms with E-state index in [0.29, 0.717) is 11.5 Å². The molecule has 0 aliphatic rings. The summed E-state index contributed by atoms with van der Waals surface area (Å²) in [5, 5.41) is 5.86. The lowest BCUT2D eigenvalue weighted by Gasteiger charge is -2.00.